The van der Waals surface area contributed by atoms with E-state index in [1.54, 1.807) is 24.9 Å². The second-order valence-electron chi connectivity index (χ2n) is 5.31. The molecule has 5 heteroatoms. The maximum absolute atomic E-state index is 12.5. The minimum Gasteiger partial charge on any atom is -0.340 e. The first-order valence-corrected chi connectivity index (χ1v) is 7.05. The molecular weight excluding hydrogens is 266 g/mol. The Kier molecular flexibility index (Phi) is 4.75. The number of hydrogen-bond donors (Lipinski definition) is 2. The fraction of sp³-hybridized carbons (Fsp3) is 0.375. The SMILES string of the molecule is C[C@H](N)C(=O)NC1C=CCC(c2ccccc2)N(C)C1=O. The van der Waals surface area contributed by atoms with Crippen LogP contribution in [0.25, 0.3) is 0 Å². The lowest BCUT2D eigenvalue weighted by Gasteiger charge is -2.28. The Hall–Kier alpha value is -2.14. The van der Waals surface area contributed by atoms with Crippen molar-refractivity contribution in [1.29, 1.82) is 0 Å². The molecular formula is C16H21N3O2. The monoisotopic (exact) mass is 287 g/mol. The molecule has 0 saturated heterocycles. The normalized spacial score (nSPS) is 23.6. The summed E-state index contributed by atoms with van der Waals surface area (Å²) in [6.45, 7) is 1.59. The molecule has 0 aromatic heterocycles. The van der Waals surface area contributed by atoms with Gasteiger partial charge in [-0.25, -0.2) is 0 Å². The van der Waals surface area contributed by atoms with Crippen molar-refractivity contribution in [1.82, 2.24) is 10.2 Å². The largest absolute Gasteiger partial charge is 0.340 e. The van der Waals surface area contributed by atoms with Crippen LogP contribution in [0.15, 0.2) is 42.5 Å². The molecule has 2 unspecified atom stereocenters. The van der Waals surface area contributed by atoms with Gasteiger partial charge in [-0.3, -0.25) is 9.59 Å². The molecule has 3 atom stereocenters. The van der Waals surface area contributed by atoms with E-state index in [1.165, 1.54) is 0 Å². The maximum atomic E-state index is 12.5. The van der Waals surface area contributed by atoms with E-state index >= 15 is 0 Å². The summed E-state index contributed by atoms with van der Waals surface area (Å²) in [5, 5.41) is 2.67. The van der Waals surface area contributed by atoms with Crippen LogP contribution in [0.2, 0.25) is 0 Å². The molecule has 0 aliphatic carbocycles. The predicted octanol–water partition coefficient (Wildman–Crippen LogP) is 0.978. The first-order chi connectivity index (χ1) is 10.0. The Bertz CT molecular complexity index is 540. The average molecular weight is 287 g/mol. The molecule has 2 rings (SSSR count). The summed E-state index contributed by atoms with van der Waals surface area (Å²) in [4.78, 5) is 25.9. The molecule has 0 saturated carbocycles. The van der Waals surface area contributed by atoms with E-state index in [-0.39, 0.29) is 17.9 Å². The van der Waals surface area contributed by atoms with E-state index in [4.69, 9.17) is 5.73 Å². The minimum atomic E-state index is -0.651. The third-order valence-electron chi connectivity index (χ3n) is 3.66. The van der Waals surface area contributed by atoms with Crippen LogP contribution in [0, 0.1) is 0 Å². The van der Waals surface area contributed by atoms with Crippen molar-refractivity contribution < 1.29 is 9.59 Å². The molecule has 21 heavy (non-hydrogen) atoms. The summed E-state index contributed by atoms with van der Waals surface area (Å²) in [7, 11) is 1.76. The molecule has 2 amide bonds. The fourth-order valence-corrected chi connectivity index (χ4v) is 2.39. The molecule has 0 radical (unpaired) electrons. The van der Waals surface area contributed by atoms with Crippen molar-refractivity contribution in [3.8, 4) is 0 Å². The van der Waals surface area contributed by atoms with Crippen molar-refractivity contribution in [2.45, 2.75) is 31.5 Å². The van der Waals surface area contributed by atoms with Crippen molar-refractivity contribution >= 4 is 11.8 Å². The Balaban J connectivity index is 2.16. The highest BCUT2D eigenvalue weighted by atomic mass is 16.2. The van der Waals surface area contributed by atoms with Gasteiger partial charge in [-0.1, -0.05) is 42.5 Å². The number of likely N-dealkylation sites (N-methyl/N-ethyl adjacent to an activating group) is 1. The van der Waals surface area contributed by atoms with Crippen LogP contribution in [0.4, 0.5) is 0 Å². The van der Waals surface area contributed by atoms with E-state index in [0.29, 0.717) is 0 Å². The van der Waals surface area contributed by atoms with E-state index in [9.17, 15) is 9.59 Å². The highest BCUT2D eigenvalue weighted by molar-refractivity contribution is 5.91. The van der Waals surface area contributed by atoms with Crippen LogP contribution < -0.4 is 11.1 Å². The van der Waals surface area contributed by atoms with Crippen molar-refractivity contribution in [2.75, 3.05) is 7.05 Å². The number of hydrogen-bond acceptors (Lipinski definition) is 3. The van der Waals surface area contributed by atoms with Gasteiger partial charge in [0.1, 0.15) is 6.04 Å². The van der Waals surface area contributed by atoms with Gasteiger partial charge in [0.2, 0.25) is 11.8 Å². The van der Waals surface area contributed by atoms with Gasteiger partial charge in [-0.15, -0.1) is 0 Å². The summed E-state index contributed by atoms with van der Waals surface area (Å²) in [6.07, 6.45) is 4.39. The van der Waals surface area contributed by atoms with Crippen LogP contribution in [-0.4, -0.2) is 35.8 Å². The van der Waals surface area contributed by atoms with E-state index in [1.807, 2.05) is 36.4 Å². The zero-order valence-corrected chi connectivity index (χ0v) is 12.3. The zero-order valence-electron chi connectivity index (χ0n) is 12.3. The lowest BCUT2D eigenvalue weighted by molar-refractivity contribution is -0.135. The van der Waals surface area contributed by atoms with Gasteiger partial charge >= 0.3 is 0 Å². The summed E-state index contributed by atoms with van der Waals surface area (Å²) in [5.41, 5.74) is 6.61. The molecule has 1 heterocycles. The Labute approximate surface area is 124 Å². The standard InChI is InChI=1S/C16H21N3O2/c1-11(17)15(20)18-13-9-6-10-14(19(2)16(13)21)12-7-4-3-5-8-12/h3-9,11,13-14H,10,17H2,1-2H3,(H,18,20)/t11-,13?,14?/m0/s1. The Morgan fingerprint density at radius 1 is 1.38 bits per heavy atom. The number of carbonyl (C=O) groups excluding carboxylic acids is 2. The lowest BCUT2D eigenvalue weighted by atomic mass is 10.0. The number of amides is 2. The molecule has 0 bridgehead atoms. The Morgan fingerprint density at radius 2 is 2.05 bits per heavy atom. The predicted molar refractivity (Wildman–Crippen MR) is 81.3 cm³/mol. The number of carbonyl (C=O) groups is 2. The molecule has 1 aromatic rings. The molecule has 0 spiro atoms. The number of nitrogens with two attached hydrogens (primary N) is 1. The van der Waals surface area contributed by atoms with Gasteiger partial charge in [0.05, 0.1) is 12.1 Å². The van der Waals surface area contributed by atoms with Gasteiger partial charge in [0, 0.05) is 7.05 Å². The molecule has 3 N–H and O–H groups in total. The first kappa shape index (κ1) is 15.3. The summed E-state index contributed by atoms with van der Waals surface area (Å²) in [6, 6.07) is 8.56. The second kappa shape index (κ2) is 6.54. The number of rotatable bonds is 3. The zero-order chi connectivity index (χ0) is 15.4. The molecule has 112 valence electrons. The van der Waals surface area contributed by atoms with E-state index in [2.05, 4.69) is 5.32 Å². The van der Waals surface area contributed by atoms with E-state index in [0.717, 1.165) is 12.0 Å². The molecule has 1 aromatic carbocycles. The van der Waals surface area contributed by atoms with Crippen LogP contribution in [0.1, 0.15) is 24.9 Å². The van der Waals surface area contributed by atoms with Gasteiger partial charge in [-0.2, -0.15) is 0 Å². The number of nitrogens with zero attached hydrogens (tertiary/aromatic N) is 1. The number of nitrogens with one attached hydrogen (secondary N) is 1. The van der Waals surface area contributed by atoms with Gasteiger partial charge in [0.25, 0.3) is 0 Å². The second-order valence-corrected chi connectivity index (χ2v) is 5.31. The molecule has 5 nitrogen and oxygen atoms in total. The fourth-order valence-electron chi connectivity index (χ4n) is 2.39. The Morgan fingerprint density at radius 3 is 2.67 bits per heavy atom. The number of benzene rings is 1. The highest BCUT2D eigenvalue weighted by Gasteiger charge is 2.29. The molecule has 1 aliphatic rings. The smallest absolute Gasteiger partial charge is 0.249 e. The van der Waals surface area contributed by atoms with Crippen LogP contribution >= 0.6 is 0 Å². The van der Waals surface area contributed by atoms with Crippen molar-refractivity contribution in [3.05, 3.63) is 48.0 Å². The highest BCUT2D eigenvalue weighted by Crippen LogP contribution is 2.26. The minimum absolute atomic E-state index is 0.0212. The topological polar surface area (TPSA) is 75.4 Å². The summed E-state index contributed by atoms with van der Waals surface area (Å²) >= 11 is 0. The maximum Gasteiger partial charge on any atom is 0.249 e. The van der Waals surface area contributed by atoms with Gasteiger partial charge in [-0.05, 0) is 18.9 Å². The van der Waals surface area contributed by atoms with Crippen LogP contribution in [0.5, 0.6) is 0 Å². The lowest BCUT2D eigenvalue weighted by Crippen LogP contribution is -2.50. The van der Waals surface area contributed by atoms with Crippen molar-refractivity contribution in [3.63, 3.8) is 0 Å². The van der Waals surface area contributed by atoms with Crippen molar-refractivity contribution in [2.24, 2.45) is 5.73 Å². The average Bonchev–Trinajstić information content (AvgIpc) is 2.61. The molecule has 0 fully saturated rings. The third-order valence-corrected chi connectivity index (χ3v) is 3.66. The van der Waals surface area contributed by atoms with Crippen LogP contribution in [0.3, 0.4) is 0 Å². The van der Waals surface area contributed by atoms with Crippen LogP contribution in [-0.2, 0) is 9.59 Å². The van der Waals surface area contributed by atoms with E-state index < -0.39 is 12.1 Å². The molecule has 1 aliphatic heterocycles. The quantitative estimate of drug-likeness (QED) is 0.814. The summed E-state index contributed by atoms with van der Waals surface area (Å²) < 4.78 is 0. The third kappa shape index (κ3) is 3.49. The first-order valence-electron chi connectivity index (χ1n) is 7.05. The summed E-state index contributed by atoms with van der Waals surface area (Å²) in [5.74, 6) is -0.462. The van der Waals surface area contributed by atoms with Gasteiger partial charge < -0.3 is 16.0 Å². The van der Waals surface area contributed by atoms with Gasteiger partial charge in [0.15, 0.2) is 0 Å².